The number of benzene rings is 1. The first-order chi connectivity index (χ1) is 10.7. The summed E-state index contributed by atoms with van der Waals surface area (Å²) < 4.78 is 0. The van der Waals surface area contributed by atoms with Crippen molar-refractivity contribution >= 4 is 23.4 Å². The van der Waals surface area contributed by atoms with Crippen LogP contribution in [-0.2, 0) is 15.4 Å². The Morgan fingerprint density at radius 3 is 2.86 bits per heavy atom. The number of carbonyl (C=O) groups is 1. The average Bonchev–Trinajstić information content (AvgIpc) is 3.02. The van der Waals surface area contributed by atoms with Crippen LogP contribution in [0, 0.1) is 5.92 Å². The van der Waals surface area contributed by atoms with Crippen LogP contribution in [0.1, 0.15) is 32.3 Å². The van der Waals surface area contributed by atoms with Crippen molar-refractivity contribution < 1.29 is 9.63 Å². The third-order valence-corrected chi connectivity index (χ3v) is 4.64. The van der Waals surface area contributed by atoms with Crippen LogP contribution in [0.4, 0.5) is 0 Å². The van der Waals surface area contributed by atoms with Gasteiger partial charge in [-0.15, -0.1) is 0 Å². The summed E-state index contributed by atoms with van der Waals surface area (Å²) in [5.74, 6) is 2.35. The standard InChI is InChI=1S/C17H24N2O2S/c1-13(2)15-11-16(21-19-15)17(20)18-9-6-10-22-12-14-7-4-3-5-8-14/h3-5,7-8,13,16H,6,9-12H2,1-2H3,(H,18,20). The Kier molecular flexibility index (Phi) is 6.77. The molecule has 0 spiro atoms. The zero-order valence-corrected chi connectivity index (χ0v) is 14.1. The largest absolute Gasteiger partial charge is 0.382 e. The fourth-order valence-corrected chi connectivity index (χ4v) is 3.06. The van der Waals surface area contributed by atoms with Gasteiger partial charge in [-0.1, -0.05) is 49.3 Å². The average molecular weight is 320 g/mol. The molecule has 2 rings (SSSR count). The fraction of sp³-hybridized carbons (Fsp3) is 0.529. The molecule has 120 valence electrons. The van der Waals surface area contributed by atoms with E-state index < -0.39 is 6.10 Å². The lowest BCUT2D eigenvalue weighted by atomic mass is 10.0. The van der Waals surface area contributed by atoms with Crippen molar-refractivity contribution in [1.29, 1.82) is 0 Å². The summed E-state index contributed by atoms with van der Waals surface area (Å²) in [5, 5.41) is 6.91. The van der Waals surface area contributed by atoms with Gasteiger partial charge in [0.15, 0.2) is 0 Å². The number of thioether (sulfide) groups is 1. The van der Waals surface area contributed by atoms with E-state index in [2.05, 4.69) is 48.6 Å². The first-order valence-corrected chi connectivity index (χ1v) is 8.94. The van der Waals surface area contributed by atoms with E-state index in [4.69, 9.17) is 4.84 Å². The number of carbonyl (C=O) groups excluding carboxylic acids is 1. The van der Waals surface area contributed by atoms with Gasteiger partial charge >= 0.3 is 0 Å². The molecule has 1 atom stereocenters. The molecular weight excluding hydrogens is 296 g/mol. The molecule has 1 aromatic carbocycles. The van der Waals surface area contributed by atoms with Crippen LogP contribution in [0.15, 0.2) is 35.5 Å². The van der Waals surface area contributed by atoms with E-state index in [-0.39, 0.29) is 5.91 Å². The lowest BCUT2D eigenvalue weighted by Crippen LogP contribution is -2.35. The third kappa shape index (κ3) is 5.37. The van der Waals surface area contributed by atoms with Gasteiger partial charge in [0.1, 0.15) is 0 Å². The predicted molar refractivity (Wildman–Crippen MR) is 92.0 cm³/mol. The van der Waals surface area contributed by atoms with Gasteiger partial charge in [-0.3, -0.25) is 4.79 Å². The van der Waals surface area contributed by atoms with Crippen molar-refractivity contribution in [3.8, 4) is 0 Å². The van der Waals surface area contributed by atoms with Crippen molar-refractivity contribution in [2.24, 2.45) is 11.1 Å². The Balaban J connectivity index is 1.53. The number of nitrogens with zero attached hydrogens (tertiary/aromatic N) is 1. The highest BCUT2D eigenvalue weighted by atomic mass is 32.2. The van der Waals surface area contributed by atoms with Crippen molar-refractivity contribution in [2.75, 3.05) is 12.3 Å². The first-order valence-electron chi connectivity index (χ1n) is 7.79. The van der Waals surface area contributed by atoms with E-state index >= 15 is 0 Å². The highest BCUT2D eigenvalue weighted by molar-refractivity contribution is 7.98. The van der Waals surface area contributed by atoms with Crippen LogP contribution in [0.5, 0.6) is 0 Å². The van der Waals surface area contributed by atoms with Crippen LogP contribution in [0.2, 0.25) is 0 Å². The van der Waals surface area contributed by atoms with E-state index in [1.807, 2.05) is 17.8 Å². The summed E-state index contributed by atoms with van der Waals surface area (Å²) in [4.78, 5) is 17.1. The minimum atomic E-state index is -0.436. The van der Waals surface area contributed by atoms with E-state index in [0.717, 1.165) is 23.6 Å². The molecule has 4 nitrogen and oxygen atoms in total. The summed E-state index contributed by atoms with van der Waals surface area (Å²) in [7, 11) is 0. The molecule has 1 N–H and O–H groups in total. The van der Waals surface area contributed by atoms with Gasteiger partial charge in [0.25, 0.3) is 5.91 Å². The maximum Gasteiger partial charge on any atom is 0.264 e. The minimum absolute atomic E-state index is 0.0486. The van der Waals surface area contributed by atoms with E-state index in [1.165, 1.54) is 5.56 Å². The van der Waals surface area contributed by atoms with E-state index in [9.17, 15) is 4.79 Å². The topological polar surface area (TPSA) is 50.7 Å². The normalized spacial score (nSPS) is 17.2. The van der Waals surface area contributed by atoms with Gasteiger partial charge in [-0.25, -0.2) is 0 Å². The molecule has 0 saturated carbocycles. The van der Waals surface area contributed by atoms with Crippen LogP contribution in [-0.4, -0.2) is 30.0 Å². The SMILES string of the molecule is CC(C)C1=NOC(C(=O)NCCCSCc2ccccc2)C1. The summed E-state index contributed by atoms with van der Waals surface area (Å²) in [6, 6.07) is 10.4. The molecule has 0 saturated heterocycles. The number of amides is 1. The number of oxime groups is 1. The molecule has 1 aromatic rings. The number of nitrogens with one attached hydrogen (secondary N) is 1. The smallest absolute Gasteiger partial charge is 0.264 e. The molecule has 0 bridgehead atoms. The van der Waals surface area contributed by atoms with Crippen molar-refractivity contribution in [1.82, 2.24) is 5.32 Å². The fourth-order valence-electron chi connectivity index (χ4n) is 2.14. The van der Waals surface area contributed by atoms with Crippen molar-refractivity contribution in [3.63, 3.8) is 0 Å². The molecule has 5 heteroatoms. The highest BCUT2D eigenvalue weighted by Crippen LogP contribution is 2.16. The van der Waals surface area contributed by atoms with E-state index in [0.29, 0.717) is 18.9 Å². The second-order valence-corrected chi connectivity index (χ2v) is 6.82. The Morgan fingerprint density at radius 1 is 1.41 bits per heavy atom. The predicted octanol–water partition coefficient (Wildman–Crippen LogP) is 3.23. The van der Waals surface area contributed by atoms with Gasteiger partial charge < -0.3 is 10.2 Å². The molecule has 1 aliphatic rings. The quantitative estimate of drug-likeness (QED) is 0.748. The molecule has 1 amide bonds. The van der Waals surface area contributed by atoms with Crippen LogP contribution in [0.3, 0.4) is 0 Å². The number of rotatable bonds is 8. The zero-order chi connectivity index (χ0) is 15.8. The molecule has 0 aliphatic carbocycles. The molecular formula is C17H24N2O2S. The Morgan fingerprint density at radius 2 is 2.18 bits per heavy atom. The molecule has 22 heavy (non-hydrogen) atoms. The lowest BCUT2D eigenvalue weighted by molar-refractivity contribution is -0.131. The second-order valence-electron chi connectivity index (χ2n) is 5.72. The van der Waals surface area contributed by atoms with Gasteiger partial charge in [0, 0.05) is 18.7 Å². The lowest BCUT2D eigenvalue weighted by Gasteiger charge is -2.09. The summed E-state index contributed by atoms with van der Waals surface area (Å²) in [6.45, 7) is 4.82. The molecule has 0 fully saturated rings. The van der Waals surface area contributed by atoms with Crippen molar-refractivity contribution in [2.45, 2.75) is 38.5 Å². The van der Waals surface area contributed by atoms with Crippen LogP contribution >= 0.6 is 11.8 Å². The Labute approximate surface area is 136 Å². The third-order valence-electron chi connectivity index (χ3n) is 3.53. The Hall–Kier alpha value is -1.49. The minimum Gasteiger partial charge on any atom is -0.382 e. The number of hydrogen-bond acceptors (Lipinski definition) is 4. The monoisotopic (exact) mass is 320 g/mol. The maximum absolute atomic E-state index is 12.0. The highest BCUT2D eigenvalue weighted by Gasteiger charge is 2.28. The maximum atomic E-state index is 12.0. The van der Waals surface area contributed by atoms with Gasteiger partial charge in [-0.2, -0.15) is 11.8 Å². The van der Waals surface area contributed by atoms with E-state index in [1.54, 1.807) is 0 Å². The summed E-state index contributed by atoms with van der Waals surface area (Å²) >= 11 is 1.89. The molecule has 1 unspecified atom stereocenters. The molecule has 1 heterocycles. The van der Waals surface area contributed by atoms with Gasteiger partial charge in [-0.05, 0) is 23.7 Å². The van der Waals surface area contributed by atoms with Crippen molar-refractivity contribution in [3.05, 3.63) is 35.9 Å². The van der Waals surface area contributed by atoms with Crippen LogP contribution in [0.25, 0.3) is 0 Å². The first kappa shape index (κ1) is 16.9. The Bertz CT molecular complexity index is 503. The van der Waals surface area contributed by atoms with Gasteiger partial charge in [0.2, 0.25) is 6.10 Å². The zero-order valence-electron chi connectivity index (χ0n) is 13.2. The molecule has 0 aromatic heterocycles. The van der Waals surface area contributed by atoms with Gasteiger partial charge in [0.05, 0.1) is 5.71 Å². The second kappa shape index (κ2) is 8.83. The molecule has 0 radical (unpaired) electrons. The van der Waals surface area contributed by atoms with Crippen LogP contribution < -0.4 is 5.32 Å². The number of hydrogen-bond donors (Lipinski definition) is 1. The summed E-state index contributed by atoms with van der Waals surface area (Å²) in [5.41, 5.74) is 2.31. The summed E-state index contributed by atoms with van der Waals surface area (Å²) in [6.07, 6.45) is 1.15. The molecule has 1 aliphatic heterocycles.